The first kappa shape index (κ1) is 24.6. The van der Waals surface area contributed by atoms with Crippen molar-refractivity contribution in [3.05, 3.63) is 34.9 Å². The number of nitrogens with zero attached hydrogens (tertiary/aromatic N) is 2. The summed E-state index contributed by atoms with van der Waals surface area (Å²) in [6.45, 7) is 8.90. The van der Waals surface area contributed by atoms with E-state index >= 15 is 0 Å². The van der Waals surface area contributed by atoms with E-state index in [1.165, 1.54) is 0 Å². The van der Waals surface area contributed by atoms with Crippen molar-refractivity contribution in [1.82, 2.24) is 15.1 Å². The average molecular weight is 462 g/mol. The summed E-state index contributed by atoms with van der Waals surface area (Å²) in [7, 11) is 0. The molecule has 176 valence electrons. The van der Waals surface area contributed by atoms with E-state index < -0.39 is 6.04 Å². The molecule has 0 radical (unpaired) electrons. The van der Waals surface area contributed by atoms with E-state index in [0.717, 1.165) is 32.4 Å². The fourth-order valence-electron chi connectivity index (χ4n) is 4.60. The van der Waals surface area contributed by atoms with Crippen molar-refractivity contribution in [2.75, 3.05) is 26.2 Å². The van der Waals surface area contributed by atoms with Gasteiger partial charge in [-0.05, 0) is 55.6 Å². The molecule has 3 amide bonds. The molecule has 0 aliphatic carbocycles. The molecule has 3 rings (SSSR count). The van der Waals surface area contributed by atoms with Crippen molar-refractivity contribution in [2.45, 2.75) is 65.3 Å². The standard InChI is InChI=1S/C25H36ClN3O3/c1-25(2,3)17-21(30)28-15-11-18(12-16-28)22(24(32)29-13-7-4-8-14-29)27-23(31)19-9-5-6-10-20(19)26/h5-6,9-10,18,22H,4,7-8,11-17H2,1-3H3,(H,27,31)/t22-/m1/s1. The lowest BCUT2D eigenvalue weighted by Crippen LogP contribution is -2.55. The van der Waals surface area contributed by atoms with Crippen LogP contribution in [0.5, 0.6) is 0 Å². The molecule has 1 N–H and O–H groups in total. The Bertz CT molecular complexity index is 822. The zero-order valence-electron chi connectivity index (χ0n) is 19.5. The quantitative estimate of drug-likeness (QED) is 0.716. The van der Waals surface area contributed by atoms with Crippen LogP contribution in [-0.4, -0.2) is 59.7 Å². The van der Waals surface area contributed by atoms with Gasteiger partial charge in [-0.25, -0.2) is 0 Å². The zero-order valence-corrected chi connectivity index (χ0v) is 20.3. The van der Waals surface area contributed by atoms with Crippen LogP contribution in [0, 0.1) is 11.3 Å². The summed E-state index contributed by atoms with van der Waals surface area (Å²) in [5.41, 5.74) is 0.326. The number of amides is 3. The van der Waals surface area contributed by atoms with Gasteiger partial charge in [0.05, 0.1) is 10.6 Å². The van der Waals surface area contributed by atoms with Gasteiger partial charge in [0.25, 0.3) is 5.91 Å². The number of benzene rings is 1. The van der Waals surface area contributed by atoms with Gasteiger partial charge in [-0.2, -0.15) is 0 Å². The third kappa shape index (κ3) is 6.47. The normalized spacial score (nSPS) is 18.9. The number of hydrogen-bond donors (Lipinski definition) is 1. The van der Waals surface area contributed by atoms with Crippen molar-refractivity contribution in [3.63, 3.8) is 0 Å². The molecule has 2 fully saturated rings. The van der Waals surface area contributed by atoms with E-state index in [0.29, 0.717) is 42.9 Å². The first-order valence-corrected chi connectivity index (χ1v) is 12.2. The highest BCUT2D eigenvalue weighted by atomic mass is 35.5. The van der Waals surface area contributed by atoms with Crippen LogP contribution in [0.4, 0.5) is 0 Å². The lowest BCUT2D eigenvalue weighted by Gasteiger charge is -2.39. The molecule has 0 bridgehead atoms. The molecule has 0 saturated carbocycles. The highest BCUT2D eigenvalue weighted by Crippen LogP contribution is 2.27. The molecule has 6 nitrogen and oxygen atoms in total. The van der Waals surface area contributed by atoms with Gasteiger partial charge in [-0.3, -0.25) is 14.4 Å². The monoisotopic (exact) mass is 461 g/mol. The molecule has 0 unspecified atom stereocenters. The average Bonchev–Trinajstić information content (AvgIpc) is 2.77. The van der Waals surface area contributed by atoms with Crippen molar-refractivity contribution in [3.8, 4) is 0 Å². The summed E-state index contributed by atoms with van der Waals surface area (Å²) < 4.78 is 0. The summed E-state index contributed by atoms with van der Waals surface area (Å²) in [6.07, 6.45) is 5.03. The first-order chi connectivity index (χ1) is 15.2. The Kier molecular flexibility index (Phi) is 8.21. The van der Waals surface area contributed by atoms with Crippen LogP contribution in [0.1, 0.15) is 69.7 Å². The lowest BCUT2D eigenvalue weighted by molar-refractivity contribution is -0.137. The van der Waals surface area contributed by atoms with Crippen LogP contribution >= 0.6 is 11.6 Å². The SMILES string of the molecule is CC(C)(C)CC(=O)N1CCC([C@@H](NC(=O)c2ccccc2Cl)C(=O)N2CCCCC2)CC1. The summed E-state index contributed by atoms with van der Waals surface area (Å²) in [5.74, 6) is -0.175. The molecular weight excluding hydrogens is 426 g/mol. The van der Waals surface area contributed by atoms with Crippen LogP contribution in [0.15, 0.2) is 24.3 Å². The number of hydrogen-bond acceptors (Lipinski definition) is 3. The van der Waals surface area contributed by atoms with E-state index in [-0.39, 0.29) is 29.1 Å². The second-order valence-electron chi connectivity index (χ2n) is 10.3. The summed E-state index contributed by atoms with van der Waals surface area (Å²) >= 11 is 6.22. The number of likely N-dealkylation sites (tertiary alicyclic amines) is 2. The second kappa shape index (κ2) is 10.7. The Labute approximate surface area is 196 Å². The molecule has 2 saturated heterocycles. The topological polar surface area (TPSA) is 69.7 Å². The summed E-state index contributed by atoms with van der Waals surface area (Å²) in [4.78, 5) is 42.9. The van der Waals surface area contributed by atoms with E-state index in [9.17, 15) is 14.4 Å². The van der Waals surface area contributed by atoms with E-state index in [1.807, 2.05) is 9.80 Å². The largest absolute Gasteiger partial charge is 0.343 e. The predicted octanol–water partition coefficient (Wildman–Crippen LogP) is 4.13. The maximum atomic E-state index is 13.4. The van der Waals surface area contributed by atoms with Crippen LogP contribution in [0.25, 0.3) is 0 Å². The summed E-state index contributed by atoms with van der Waals surface area (Å²) in [6, 6.07) is 6.30. The summed E-state index contributed by atoms with van der Waals surface area (Å²) in [5, 5.41) is 3.38. The van der Waals surface area contributed by atoms with Crippen LogP contribution in [0.3, 0.4) is 0 Å². The van der Waals surface area contributed by atoms with Crippen LogP contribution in [-0.2, 0) is 9.59 Å². The van der Waals surface area contributed by atoms with Gasteiger partial charge >= 0.3 is 0 Å². The lowest BCUT2D eigenvalue weighted by atomic mass is 9.86. The van der Waals surface area contributed by atoms with Gasteiger partial charge < -0.3 is 15.1 Å². The van der Waals surface area contributed by atoms with Crippen molar-refractivity contribution in [1.29, 1.82) is 0 Å². The second-order valence-corrected chi connectivity index (χ2v) is 10.7. The van der Waals surface area contributed by atoms with Crippen molar-refractivity contribution in [2.24, 2.45) is 11.3 Å². The van der Waals surface area contributed by atoms with E-state index in [1.54, 1.807) is 24.3 Å². The molecular formula is C25H36ClN3O3. The Morgan fingerprint density at radius 1 is 1.00 bits per heavy atom. The number of carbonyl (C=O) groups excluding carboxylic acids is 3. The highest BCUT2D eigenvalue weighted by Gasteiger charge is 2.37. The molecule has 2 heterocycles. The third-order valence-electron chi connectivity index (χ3n) is 6.38. The highest BCUT2D eigenvalue weighted by molar-refractivity contribution is 6.33. The molecule has 1 atom stereocenters. The van der Waals surface area contributed by atoms with Gasteiger partial charge in [-0.15, -0.1) is 0 Å². The molecule has 7 heteroatoms. The minimum Gasteiger partial charge on any atom is -0.343 e. The van der Waals surface area contributed by atoms with Gasteiger partial charge in [-0.1, -0.05) is 44.5 Å². The van der Waals surface area contributed by atoms with E-state index in [4.69, 9.17) is 11.6 Å². The zero-order chi connectivity index (χ0) is 23.3. The van der Waals surface area contributed by atoms with Gasteiger partial charge in [0.2, 0.25) is 11.8 Å². The van der Waals surface area contributed by atoms with Crippen LogP contribution in [0.2, 0.25) is 5.02 Å². The van der Waals surface area contributed by atoms with Crippen molar-refractivity contribution < 1.29 is 14.4 Å². The fraction of sp³-hybridized carbons (Fsp3) is 0.640. The number of halogens is 1. The van der Waals surface area contributed by atoms with Gasteiger partial charge in [0, 0.05) is 32.6 Å². The molecule has 1 aromatic carbocycles. The Balaban J connectivity index is 1.71. The molecule has 0 spiro atoms. The third-order valence-corrected chi connectivity index (χ3v) is 6.71. The molecule has 0 aromatic heterocycles. The maximum Gasteiger partial charge on any atom is 0.253 e. The Morgan fingerprint density at radius 2 is 1.62 bits per heavy atom. The van der Waals surface area contributed by atoms with Crippen LogP contribution < -0.4 is 5.32 Å². The first-order valence-electron chi connectivity index (χ1n) is 11.8. The van der Waals surface area contributed by atoms with Gasteiger partial charge in [0.1, 0.15) is 6.04 Å². The number of piperidine rings is 2. The molecule has 2 aliphatic heterocycles. The smallest absolute Gasteiger partial charge is 0.253 e. The van der Waals surface area contributed by atoms with E-state index in [2.05, 4.69) is 26.1 Å². The number of rotatable bonds is 5. The number of nitrogens with one attached hydrogen (secondary N) is 1. The molecule has 1 aromatic rings. The van der Waals surface area contributed by atoms with Crippen molar-refractivity contribution >= 4 is 29.3 Å². The Morgan fingerprint density at radius 3 is 2.22 bits per heavy atom. The van der Waals surface area contributed by atoms with Gasteiger partial charge in [0.15, 0.2) is 0 Å². The molecule has 2 aliphatic rings. The fourth-order valence-corrected chi connectivity index (χ4v) is 4.83. The Hall–Kier alpha value is -2.08. The minimum atomic E-state index is -0.600. The predicted molar refractivity (Wildman–Crippen MR) is 127 cm³/mol. The molecule has 32 heavy (non-hydrogen) atoms. The minimum absolute atomic E-state index is 0.00505. The maximum absolute atomic E-state index is 13.4. The number of carbonyl (C=O) groups is 3.